The molecular formula is C23H20N2O2S. The first-order chi connectivity index (χ1) is 13.7. The van der Waals surface area contributed by atoms with Crippen molar-refractivity contribution in [2.75, 3.05) is 11.9 Å². The number of nitrogens with zero attached hydrogens (tertiary/aromatic N) is 1. The number of amides is 1. The Morgan fingerprint density at radius 1 is 1.04 bits per heavy atom. The highest BCUT2D eigenvalue weighted by Gasteiger charge is 2.11. The molecule has 1 aromatic heterocycles. The van der Waals surface area contributed by atoms with Gasteiger partial charge in [-0.05, 0) is 35.4 Å². The Morgan fingerprint density at radius 2 is 1.82 bits per heavy atom. The molecule has 3 aromatic carbocycles. The van der Waals surface area contributed by atoms with E-state index < -0.39 is 0 Å². The lowest BCUT2D eigenvalue weighted by atomic mass is 10.0. The summed E-state index contributed by atoms with van der Waals surface area (Å²) >= 11 is 1.44. The fourth-order valence-corrected chi connectivity index (χ4v) is 3.85. The van der Waals surface area contributed by atoms with Crippen molar-refractivity contribution < 1.29 is 9.53 Å². The molecule has 28 heavy (non-hydrogen) atoms. The first-order valence-corrected chi connectivity index (χ1v) is 10.1. The van der Waals surface area contributed by atoms with Gasteiger partial charge in [0.1, 0.15) is 5.75 Å². The third-order valence-electron chi connectivity index (χ3n) is 4.42. The molecule has 0 saturated heterocycles. The largest absolute Gasteiger partial charge is 0.494 e. The molecule has 4 aromatic rings. The van der Waals surface area contributed by atoms with Gasteiger partial charge in [-0.1, -0.05) is 54.6 Å². The molecule has 4 nitrogen and oxygen atoms in total. The number of hydrogen-bond donors (Lipinski definition) is 1. The van der Waals surface area contributed by atoms with E-state index in [4.69, 9.17) is 4.74 Å². The van der Waals surface area contributed by atoms with E-state index in [0.717, 1.165) is 28.0 Å². The van der Waals surface area contributed by atoms with Crippen molar-refractivity contribution in [3.63, 3.8) is 0 Å². The summed E-state index contributed by atoms with van der Waals surface area (Å²) in [5.74, 6) is 0.731. The lowest BCUT2D eigenvalue weighted by Crippen LogP contribution is -2.14. The Hall–Kier alpha value is -3.18. The summed E-state index contributed by atoms with van der Waals surface area (Å²) in [7, 11) is 0. The van der Waals surface area contributed by atoms with Crippen molar-refractivity contribution in [3.05, 3.63) is 77.7 Å². The number of thiazole rings is 1. The molecule has 0 aliphatic rings. The van der Waals surface area contributed by atoms with Gasteiger partial charge in [0.15, 0.2) is 5.13 Å². The number of anilines is 1. The Balaban J connectivity index is 1.46. The zero-order valence-electron chi connectivity index (χ0n) is 15.5. The lowest BCUT2D eigenvalue weighted by Gasteiger charge is -2.05. The minimum Gasteiger partial charge on any atom is -0.494 e. The fraction of sp³-hybridized carbons (Fsp3) is 0.130. The van der Waals surface area contributed by atoms with Crippen LogP contribution in [0.15, 0.2) is 72.1 Å². The van der Waals surface area contributed by atoms with Crippen LogP contribution in [0.1, 0.15) is 12.5 Å². The number of carbonyl (C=O) groups excluding carboxylic acids is 1. The summed E-state index contributed by atoms with van der Waals surface area (Å²) < 4.78 is 5.43. The van der Waals surface area contributed by atoms with Gasteiger partial charge >= 0.3 is 0 Å². The van der Waals surface area contributed by atoms with Crippen LogP contribution in [0, 0.1) is 0 Å². The maximum atomic E-state index is 12.4. The minimum atomic E-state index is -0.0806. The van der Waals surface area contributed by atoms with Gasteiger partial charge in [0.2, 0.25) is 5.91 Å². The summed E-state index contributed by atoms with van der Waals surface area (Å²) in [6, 6.07) is 22.0. The zero-order valence-corrected chi connectivity index (χ0v) is 16.3. The molecule has 1 amide bonds. The number of rotatable bonds is 6. The Labute approximate surface area is 167 Å². The number of fused-ring (bicyclic) bond motifs is 1. The van der Waals surface area contributed by atoms with Crippen LogP contribution in [0.5, 0.6) is 5.75 Å². The molecule has 140 valence electrons. The summed E-state index contributed by atoms with van der Waals surface area (Å²) in [6.45, 7) is 2.57. The highest BCUT2D eigenvalue weighted by Crippen LogP contribution is 2.31. The number of ether oxygens (including phenoxy) is 1. The molecule has 0 unspecified atom stereocenters. The Bertz CT molecular complexity index is 1100. The van der Waals surface area contributed by atoms with Crippen molar-refractivity contribution in [1.29, 1.82) is 0 Å². The van der Waals surface area contributed by atoms with Gasteiger partial charge in [-0.15, -0.1) is 11.3 Å². The summed E-state index contributed by atoms with van der Waals surface area (Å²) in [5, 5.41) is 7.83. The van der Waals surface area contributed by atoms with E-state index in [9.17, 15) is 4.79 Å². The van der Waals surface area contributed by atoms with E-state index in [1.54, 1.807) is 0 Å². The maximum Gasteiger partial charge on any atom is 0.230 e. The summed E-state index contributed by atoms with van der Waals surface area (Å²) in [4.78, 5) is 17.0. The molecule has 0 bridgehead atoms. The topological polar surface area (TPSA) is 51.2 Å². The molecule has 1 N–H and O–H groups in total. The zero-order chi connectivity index (χ0) is 19.3. The van der Waals surface area contributed by atoms with Gasteiger partial charge in [0.25, 0.3) is 0 Å². The molecule has 0 aliphatic carbocycles. The molecule has 0 aliphatic heterocycles. The average molecular weight is 388 g/mol. The molecule has 0 radical (unpaired) electrons. The van der Waals surface area contributed by atoms with Crippen LogP contribution in [0.25, 0.3) is 22.0 Å². The van der Waals surface area contributed by atoms with Crippen LogP contribution in [0.4, 0.5) is 5.13 Å². The average Bonchev–Trinajstić information content (AvgIpc) is 3.17. The molecule has 4 rings (SSSR count). The first-order valence-electron chi connectivity index (χ1n) is 9.18. The van der Waals surface area contributed by atoms with Gasteiger partial charge in [-0.3, -0.25) is 4.79 Å². The van der Waals surface area contributed by atoms with E-state index in [0.29, 0.717) is 18.2 Å². The van der Waals surface area contributed by atoms with Crippen LogP contribution in [-0.2, 0) is 11.2 Å². The van der Waals surface area contributed by atoms with Crippen LogP contribution in [0.2, 0.25) is 0 Å². The second-order valence-corrected chi connectivity index (χ2v) is 7.22. The fourth-order valence-electron chi connectivity index (χ4n) is 3.12. The molecule has 0 fully saturated rings. The monoisotopic (exact) mass is 388 g/mol. The van der Waals surface area contributed by atoms with Crippen LogP contribution in [0.3, 0.4) is 0 Å². The van der Waals surface area contributed by atoms with Gasteiger partial charge in [0.05, 0.1) is 18.7 Å². The van der Waals surface area contributed by atoms with E-state index in [1.807, 2.05) is 54.8 Å². The SMILES string of the molecule is CCOc1ccc(CC(=O)Nc2nc(-c3cccc4ccccc34)cs2)cc1. The van der Waals surface area contributed by atoms with Gasteiger partial charge < -0.3 is 10.1 Å². The second kappa shape index (κ2) is 8.23. The van der Waals surface area contributed by atoms with Crippen molar-refractivity contribution in [1.82, 2.24) is 4.98 Å². The van der Waals surface area contributed by atoms with Crippen molar-refractivity contribution in [2.24, 2.45) is 0 Å². The second-order valence-electron chi connectivity index (χ2n) is 6.37. The van der Waals surface area contributed by atoms with Gasteiger partial charge in [-0.2, -0.15) is 0 Å². The predicted molar refractivity (Wildman–Crippen MR) is 115 cm³/mol. The maximum absolute atomic E-state index is 12.4. The minimum absolute atomic E-state index is 0.0806. The molecular weight excluding hydrogens is 368 g/mol. The standard InChI is InChI=1S/C23H20N2O2S/c1-2-27-18-12-10-16(11-13-18)14-22(26)25-23-24-21(15-28-23)20-9-5-7-17-6-3-4-8-19(17)20/h3-13,15H,2,14H2,1H3,(H,24,25,26). The van der Waals surface area contributed by atoms with Crippen LogP contribution >= 0.6 is 11.3 Å². The number of aromatic nitrogens is 1. The Morgan fingerprint density at radius 3 is 2.64 bits per heavy atom. The predicted octanol–water partition coefficient (Wildman–Crippen LogP) is 5.54. The van der Waals surface area contributed by atoms with Crippen LogP contribution < -0.4 is 10.1 Å². The van der Waals surface area contributed by atoms with Gasteiger partial charge in [-0.25, -0.2) is 4.98 Å². The molecule has 0 saturated carbocycles. The summed E-state index contributed by atoms with van der Waals surface area (Å²) in [5.41, 5.74) is 2.88. The Kier molecular flexibility index (Phi) is 5.35. The number of carbonyl (C=O) groups is 1. The van der Waals surface area contributed by atoms with Crippen molar-refractivity contribution >= 4 is 33.1 Å². The van der Waals surface area contributed by atoms with Crippen molar-refractivity contribution in [3.8, 4) is 17.0 Å². The van der Waals surface area contributed by atoms with E-state index in [1.165, 1.54) is 16.7 Å². The van der Waals surface area contributed by atoms with Gasteiger partial charge in [0, 0.05) is 10.9 Å². The van der Waals surface area contributed by atoms with Crippen LogP contribution in [-0.4, -0.2) is 17.5 Å². The smallest absolute Gasteiger partial charge is 0.230 e. The van der Waals surface area contributed by atoms with E-state index >= 15 is 0 Å². The molecule has 0 spiro atoms. The normalized spacial score (nSPS) is 10.8. The molecule has 1 heterocycles. The third kappa shape index (κ3) is 4.05. The van der Waals surface area contributed by atoms with Crippen molar-refractivity contribution in [2.45, 2.75) is 13.3 Å². The molecule has 0 atom stereocenters. The first kappa shape index (κ1) is 18.2. The van der Waals surface area contributed by atoms with E-state index in [2.05, 4.69) is 34.6 Å². The molecule has 5 heteroatoms. The summed E-state index contributed by atoms with van der Waals surface area (Å²) in [6.07, 6.45) is 0.301. The quantitative estimate of drug-likeness (QED) is 0.472. The number of hydrogen-bond acceptors (Lipinski definition) is 4. The number of nitrogens with one attached hydrogen (secondary N) is 1. The van der Waals surface area contributed by atoms with E-state index in [-0.39, 0.29) is 5.91 Å². The number of benzene rings is 3. The lowest BCUT2D eigenvalue weighted by molar-refractivity contribution is -0.115. The highest BCUT2D eigenvalue weighted by atomic mass is 32.1. The highest BCUT2D eigenvalue weighted by molar-refractivity contribution is 7.14. The third-order valence-corrected chi connectivity index (χ3v) is 5.17.